The molecule has 1 N–H and O–H groups in total. The lowest BCUT2D eigenvalue weighted by Gasteiger charge is -2.12. The minimum atomic E-state index is -0.307. The highest BCUT2D eigenvalue weighted by Crippen LogP contribution is 2.24. The number of hydrogen-bond acceptors (Lipinski definition) is 5. The molecule has 7 nitrogen and oxygen atoms in total. The molecule has 4 rings (SSSR count). The Labute approximate surface area is 165 Å². The molecule has 0 saturated carbocycles. The van der Waals surface area contributed by atoms with Gasteiger partial charge >= 0.3 is 0 Å². The van der Waals surface area contributed by atoms with Crippen LogP contribution >= 0.6 is 11.6 Å². The van der Waals surface area contributed by atoms with Crippen LogP contribution in [0.4, 0.5) is 5.82 Å². The molecule has 2 heterocycles. The molecular formula is C20H16ClN5O2. The number of rotatable bonds is 5. The number of carbonyl (C=O) groups is 1. The Morgan fingerprint density at radius 1 is 1.18 bits per heavy atom. The average Bonchev–Trinajstić information content (AvgIpc) is 3.08. The van der Waals surface area contributed by atoms with E-state index >= 15 is 0 Å². The van der Waals surface area contributed by atoms with Crippen LogP contribution in [0.15, 0.2) is 60.8 Å². The first-order valence-electron chi connectivity index (χ1n) is 8.53. The Morgan fingerprint density at radius 2 is 2.07 bits per heavy atom. The molecule has 8 heteroatoms. The van der Waals surface area contributed by atoms with Gasteiger partial charge in [0, 0.05) is 23.8 Å². The monoisotopic (exact) mass is 393 g/mol. The number of halogens is 1. The van der Waals surface area contributed by atoms with Crippen LogP contribution in [0.5, 0.6) is 5.75 Å². The molecule has 0 saturated heterocycles. The molecule has 0 aliphatic carbocycles. The van der Waals surface area contributed by atoms with Gasteiger partial charge in [0.05, 0.1) is 5.52 Å². The fraction of sp³-hybridized carbons (Fsp3) is 0.100. The van der Waals surface area contributed by atoms with Crippen molar-refractivity contribution >= 4 is 34.4 Å². The zero-order chi connectivity index (χ0) is 19.5. The minimum absolute atomic E-state index is 0.306. The van der Waals surface area contributed by atoms with Crippen LogP contribution in [0.2, 0.25) is 5.02 Å². The Balaban J connectivity index is 1.51. The SMILES string of the molecule is Cn1nnc2cc(C(=O)Nc3ncccc3OCc3cccc(Cl)c3)ccc21. The summed E-state index contributed by atoms with van der Waals surface area (Å²) in [6.07, 6.45) is 1.59. The number of nitrogens with one attached hydrogen (secondary N) is 1. The van der Waals surface area contributed by atoms with Crippen molar-refractivity contribution in [2.45, 2.75) is 6.61 Å². The van der Waals surface area contributed by atoms with Crippen LogP contribution in [0.25, 0.3) is 11.0 Å². The molecule has 4 aromatic rings. The molecule has 2 aromatic heterocycles. The number of hydrogen-bond donors (Lipinski definition) is 1. The number of amides is 1. The lowest BCUT2D eigenvalue weighted by molar-refractivity contribution is 0.102. The molecule has 0 atom stereocenters. The first-order chi connectivity index (χ1) is 13.6. The summed E-state index contributed by atoms with van der Waals surface area (Å²) in [4.78, 5) is 16.9. The van der Waals surface area contributed by atoms with Crippen molar-refractivity contribution in [2.24, 2.45) is 7.05 Å². The highest BCUT2D eigenvalue weighted by atomic mass is 35.5. The van der Waals surface area contributed by atoms with Gasteiger partial charge in [-0.1, -0.05) is 28.9 Å². The minimum Gasteiger partial charge on any atom is -0.485 e. The number of carbonyl (C=O) groups excluding carboxylic acids is 1. The highest BCUT2D eigenvalue weighted by molar-refractivity contribution is 6.30. The maximum absolute atomic E-state index is 12.7. The standard InChI is InChI=1S/C20H16ClN5O2/c1-26-17-8-7-14(11-16(17)24-25-26)20(27)23-19-18(6-3-9-22-19)28-12-13-4-2-5-15(21)10-13/h2-11H,12H2,1H3,(H,22,23,27). The van der Waals surface area contributed by atoms with Crippen molar-refractivity contribution in [3.05, 3.63) is 76.9 Å². The molecule has 0 fully saturated rings. The number of anilines is 1. The Bertz CT molecular complexity index is 1160. The van der Waals surface area contributed by atoms with Crippen molar-refractivity contribution in [1.29, 1.82) is 0 Å². The van der Waals surface area contributed by atoms with Gasteiger partial charge in [0.15, 0.2) is 11.6 Å². The number of ether oxygens (including phenoxy) is 1. The molecule has 0 aliphatic heterocycles. The summed E-state index contributed by atoms with van der Waals surface area (Å²) in [5.41, 5.74) is 2.87. The van der Waals surface area contributed by atoms with Gasteiger partial charge < -0.3 is 10.1 Å². The summed E-state index contributed by atoms with van der Waals surface area (Å²) in [5.74, 6) is 0.504. The van der Waals surface area contributed by atoms with E-state index in [4.69, 9.17) is 16.3 Å². The van der Waals surface area contributed by atoms with Gasteiger partial charge in [-0.15, -0.1) is 5.10 Å². The number of benzene rings is 2. The van der Waals surface area contributed by atoms with Gasteiger partial charge in [0.25, 0.3) is 5.91 Å². The molecule has 28 heavy (non-hydrogen) atoms. The predicted octanol–water partition coefficient (Wildman–Crippen LogP) is 3.85. The summed E-state index contributed by atoms with van der Waals surface area (Å²) in [6, 6.07) is 16.1. The summed E-state index contributed by atoms with van der Waals surface area (Å²) >= 11 is 6.00. The van der Waals surface area contributed by atoms with Crippen LogP contribution in [0.1, 0.15) is 15.9 Å². The van der Waals surface area contributed by atoms with Gasteiger partial charge in [0.1, 0.15) is 12.1 Å². The van der Waals surface area contributed by atoms with E-state index in [0.29, 0.717) is 34.3 Å². The average molecular weight is 394 g/mol. The molecule has 0 radical (unpaired) electrons. The van der Waals surface area contributed by atoms with Crippen molar-refractivity contribution < 1.29 is 9.53 Å². The molecule has 0 aliphatic rings. The molecular weight excluding hydrogens is 378 g/mol. The normalized spacial score (nSPS) is 10.8. The highest BCUT2D eigenvalue weighted by Gasteiger charge is 2.13. The second-order valence-electron chi connectivity index (χ2n) is 6.14. The fourth-order valence-electron chi connectivity index (χ4n) is 2.75. The third-order valence-corrected chi connectivity index (χ3v) is 4.39. The van der Waals surface area contributed by atoms with Gasteiger partial charge in [-0.3, -0.25) is 4.79 Å². The maximum atomic E-state index is 12.7. The number of aryl methyl sites for hydroxylation is 1. The van der Waals surface area contributed by atoms with E-state index in [1.807, 2.05) is 18.2 Å². The molecule has 0 bridgehead atoms. The van der Waals surface area contributed by atoms with Crippen molar-refractivity contribution in [1.82, 2.24) is 20.0 Å². The van der Waals surface area contributed by atoms with Crippen molar-refractivity contribution in [2.75, 3.05) is 5.32 Å². The van der Waals surface area contributed by atoms with Crippen LogP contribution in [0.3, 0.4) is 0 Å². The molecule has 2 aromatic carbocycles. The van der Waals surface area contributed by atoms with Crippen LogP contribution in [0, 0.1) is 0 Å². The van der Waals surface area contributed by atoms with E-state index in [9.17, 15) is 4.79 Å². The topological polar surface area (TPSA) is 81.9 Å². The number of aromatic nitrogens is 4. The Hall–Kier alpha value is -3.45. The third-order valence-electron chi connectivity index (χ3n) is 4.16. The largest absolute Gasteiger partial charge is 0.485 e. The smallest absolute Gasteiger partial charge is 0.256 e. The van der Waals surface area contributed by atoms with E-state index in [2.05, 4.69) is 20.6 Å². The van der Waals surface area contributed by atoms with Crippen LogP contribution in [-0.4, -0.2) is 25.9 Å². The molecule has 140 valence electrons. The lowest BCUT2D eigenvalue weighted by atomic mass is 10.2. The fourth-order valence-corrected chi connectivity index (χ4v) is 2.96. The summed E-state index contributed by atoms with van der Waals surface area (Å²) in [7, 11) is 1.80. The summed E-state index contributed by atoms with van der Waals surface area (Å²) < 4.78 is 7.48. The second-order valence-corrected chi connectivity index (χ2v) is 6.58. The molecule has 0 unspecified atom stereocenters. The summed E-state index contributed by atoms with van der Waals surface area (Å²) in [5, 5.41) is 11.4. The van der Waals surface area contributed by atoms with E-state index in [-0.39, 0.29) is 5.91 Å². The van der Waals surface area contributed by atoms with Crippen LogP contribution < -0.4 is 10.1 Å². The van der Waals surface area contributed by atoms with E-state index in [0.717, 1.165) is 11.1 Å². The van der Waals surface area contributed by atoms with Crippen molar-refractivity contribution in [3.8, 4) is 5.75 Å². The quantitative estimate of drug-likeness (QED) is 0.557. The number of nitrogens with zero attached hydrogens (tertiary/aromatic N) is 4. The summed E-state index contributed by atoms with van der Waals surface area (Å²) in [6.45, 7) is 0.306. The number of pyridine rings is 1. The van der Waals surface area contributed by atoms with Gasteiger partial charge in [-0.2, -0.15) is 0 Å². The number of fused-ring (bicyclic) bond motifs is 1. The zero-order valence-corrected chi connectivity index (χ0v) is 15.7. The zero-order valence-electron chi connectivity index (χ0n) is 15.0. The molecule has 0 spiro atoms. The maximum Gasteiger partial charge on any atom is 0.256 e. The lowest BCUT2D eigenvalue weighted by Crippen LogP contribution is -2.14. The van der Waals surface area contributed by atoms with Crippen LogP contribution in [-0.2, 0) is 13.7 Å². The van der Waals surface area contributed by atoms with Gasteiger partial charge in [0.2, 0.25) is 0 Å². The van der Waals surface area contributed by atoms with Crippen molar-refractivity contribution in [3.63, 3.8) is 0 Å². The van der Waals surface area contributed by atoms with Gasteiger partial charge in [-0.25, -0.2) is 9.67 Å². The van der Waals surface area contributed by atoms with E-state index in [1.54, 1.807) is 54.3 Å². The Morgan fingerprint density at radius 3 is 2.93 bits per heavy atom. The van der Waals surface area contributed by atoms with E-state index < -0.39 is 0 Å². The third kappa shape index (κ3) is 3.79. The van der Waals surface area contributed by atoms with E-state index in [1.165, 1.54) is 0 Å². The second kappa shape index (κ2) is 7.66. The first kappa shape index (κ1) is 17.9. The van der Waals surface area contributed by atoms with Gasteiger partial charge in [-0.05, 0) is 48.0 Å². The first-order valence-corrected chi connectivity index (χ1v) is 8.91. The Kier molecular flexibility index (Phi) is 4.90. The molecule has 1 amide bonds. The predicted molar refractivity (Wildman–Crippen MR) is 106 cm³/mol.